The summed E-state index contributed by atoms with van der Waals surface area (Å²) in [5.41, 5.74) is 2.46. The van der Waals surface area contributed by atoms with Crippen molar-refractivity contribution in [2.75, 3.05) is 25.0 Å². The van der Waals surface area contributed by atoms with E-state index in [1.165, 1.54) is 0 Å². The summed E-state index contributed by atoms with van der Waals surface area (Å²) in [7, 11) is 0. The Morgan fingerprint density at radius 2 is 2.07 bits per heavy atom. The van der Waals surface area contributed by atoms with Gasteiger partial charge in [-0.2, -0.15) is 0 Å². The average molecular weight is 425 g/mol. The van der Waals surface area contributed by atoms with Crippen LogP contribution < -0.4 is 15.4 Å². The summed E-state index contributed by atoms with van der Waals surface area (Å²) in [6, 6.07) is 13.1. The van der Waals surface area contributed by atoms with Crippen molar-refractivity contribution in [1.82, 2.24) is 14.7 Å². The van der Waals surface area contributed by atoms with Gasteiger partial charge < -0.3 is 24.5 Å². The van der Waals surface area contributed by atoms with Crippen LogP contribution in [0.5, 0.6) is 5.75 Å². The zero-order chi connectivity index (χ0) is 17.8. The number of rotatable bonds is 5. The normalized spacial score (nSPS) is 15.9. The zero-order valence-electron chi connectivity index (χ0n) is 15.0. The van der Waals surface area contributed by atoms with E-state index in [9.17, 15) is 4.79 Å². The number of benzene rings is 1. The molecule has 2 aromatic heterocycles. The van der Waals surface area contributed by atoms with Crippen LogP contribution in [0, 0.1) is 0 Å². The van der Waals surface area contributed by atoms with Gasteiger partial charge in [-0.05, 0) is 36.4 Å². The topological polar surface area (TPSA) is 76.9 Å². The third-order valence-corrected chi connectivity index (χ3v) is 4.14. The number of ether oxygens (including phenoxy) is 2. The second kappa shape index (κ2) is 10.3. The maximum absolute atomic E-state index is 12.1. The summed E-state index contributed by atoms with van der Waals surface area (Å²) < 4.78 is 13.2. The van der Waals surface area contributed by atoms with Crippen LogP contribution in [-0.4, -0.2) is 41.1 Å². The fourth-order valence-corrected chi connectivity index (χ4v) is 2.81. The monoisotopic (exact) mass is 424 g/mol. The van der Waals surface area contributed by atoms with E-state index in [2.05, 4.69) is 15.6 Å². The first-order chi connectivity index (χ1) is 12.8. The molecule has 1 saturated heterocycles. The molecular weight excluding hydrogens is 403 g/mol. The molecule has 3 heterocycles. The fraction of sp³-hybridized carbons (Fsp3) is 0.263. The van der Waals surface area contributed by atoms with Crippen LogP contribution in [-0.2, 0) is 16.1 Å². The highest BCUT2D eigenvalue weighted by Crippen LogP contribution is 2.17. The van der Waals surface area contributed by atoms with E-state index in [-0.39, 0.29) is 30.7 Å². The first-order valence-electron chi connectivity index (χ1n) is 8.56. The van der Waals surface area contributed by atoms with E-state index in [4.69, 9.17) is 9.47 Å². The molecule has 1 aliphatic rings. The Labute approximate surface area is 175 Å². The molecule has 28 heavy (non-hydrogen) atoms. The quantitative estimate of drug-likeness (QED) is 0.658. The number of carbonyl (C=O) groups excluding carboxylic acids is 1. The Morgan fingerprint density at radius 1 is 1.25 bits per heavy atom. The Kier molecular flexibility index (Phi) is 8.07. The van der Waals surface area contributed by atoms with Gasteiger partial charge in [-0.15, -0.1) is 24.8 Å². The smallest absolute Gasteiger partial charge is 0.254 e. The predicted octanol–water partition coefficient (Wildman–Crippen LogP) is 2.68. The van der Waals surface area contributed by atoms with Crippen molar-refractivity contribution in [2.45, 2.75) is 12.7 Å². The van der Waals surface area contributed by atoms with Gasteiger partial charge in [0.2, 0.25) is 0 Å². The third kappa shape index (κ3) is 5.36. The lowest BCUT2D eigenvalue weighted by Gasteiger charge is -2.22. The van der Waals surface area contributed by atoms with Crippen LogP contribution in [0.3, 0.4) is 0 Å². The molecule has 0 bridgehead atoms. The predicted molar refractivity (Wildman–Crippen MR) is 112 cm³/mol. The summed E-state index contributed by atoms with van der Waals surface area (Å²) in [6.45, 7) is 2.25. The van der Waals surface area contributed by atoms with E-state index in [1.807, 2.05) is 59.3 Å². The number of nitrogens with zero attached hydrogens (tertiary/aromatic N) is 2. The number of pyridine rings is 1. The highest BCUT2D eigenvalue weighted by atomic mass is 35.5. The fourth-order valence-electron chi connectivity index (χ4n) is 2.81. The van der Waals surface area contributed by atoms with Gasteiger partial charge in [-0.25, -0.2) is 4.98 Å². The lowest BCUT2D eigenvalue weighted by molar-refractivity contribution is -0.128. The number of fused-ring (bicyclic) bond motifs is 1. The number of carbonyl (C=O) groups is 1. The van der Waals surface area contributed by atoms with E-state index in [1.54, 1.807) is 0 Å². The van der Waals surface area contributed by atoms with Crippen molar-refractivity contribution >= 4 is 42.1 Å². The number of morpholine rings is 1. The minimum absolute atomic E-state index is 0. The number of hydrogen-bond acceptors (Lipinski definition) is 5. The Balaban J connectivity index is 0.00000140. The van der Waals surface area contributed by atoms with E-state index < -0.39 is 6.10 Å². The lowest BCUT2D eigenvalue weighted by atomic mass is 10.2. The van der Waals surface area contributed by atoms with Crippen molar-refractivity contribution in [3.8, 4) is 5.75 Å². The molecule has 9 heteroatoms. The summed E-state index contributed by atoms with van der Waals surface area (Å²) >= 11 is 0. The van der Waals surface area contributed by atoms with Crippen molar-refractivity contribution < 1.29 is 14.3 Å². The Morgan fingerprint density at radius 3 is 2.79 bits per heavy atom. The zero-order valence-corrected chi connectivity index (χ0v) is 16.7. The highest BCUT2D eigenvalue weighted by Gasteiger charge is 2.21. The Bertz CT molecular complexity index is 863. The van der Waals surface area contributed by atoms with Gasteiger partial charge in [0, 0.05) is 31.2 Å². The molecule has 0 saturated carbocycles. The number of hydrogen-bond donors (Lipinski definition) is 2. The minimum atomic E-state index is -0.449. The van der Waals surface area contributed by atoms with Gasteiger partial charge in [0.05, 0.1) is 12.3 Å². The number of aromatic nitrogens is 2. The molecule has 0 spiro atoms. The molecule has 0 aliphatic carbocycles. The summed E-state index contributed by atoms with van der Waals surface area (Å²) in [5.74, 6) is 0.575. The molecule has 0 radical (unpaired) electrons. The van der Waals surface area contributed by atoms with E-state index >= 15 is 0 Å². The summed E-state index contributed by atoms with van der Waals surface area (Å²) in [4.78, 5) is 16.6. The highest BCUT2D eigenvalue weighted by molar-refractivity contribution is 5.94. The number of nitrogens with one attached hydrogen (secondary N) is 2. The second-order valence-electron chi connectivity index (χ2n) is 6.06. The molecule has 1 aliphatic heterocycles. The number of anilines is 1. The number of halogens is 2. The Hall–Kier alpha value is -2.32. The van der Waals surface area contributed by atoms with Crippen LogP contribution in [0.15, 0.2) is 54.9 Å². The van der Waals surface area contributed by atoms with Crippen molar-refractivity contribution in [2.24, 2.45) is 0 Å². The molecule has 3 aromatic rings. The molecule has 2 N–H and O–H groups in total. The van der Waals surface area contributed by atoms with Crippen molar-refractivity contribution in [3.63, 3.8) is 0 Å². The largest absolute Gasteiger partial charge is 0.487 e. The van der Waals surface area contributed by atoms with Crippen molar-refractivity contribution in [3.05, 3.63) is 60.6 Å². The molecule has 1 atom stereocenters. The summed E-state index contributed by atoms with van der Waals surface area (Å²) in [5, 5.41) is 5.99. The molecule has 1 amide bonds. The maximum Gasteiger partial charge on any atom is 0.254 e. The standard InChI is InChI=1S/C19H20N4O3.2ClH/c24-19(17-11-20-8-10-25-17)22-14-4-6-16(7-5-14)26-13-15-12-23-9-2-1-3-18(23)21-15;;/h1-7,9,12,17,20H,8,10-11,13H2,(H,22,24);2*1H. The molecule has 1 unspecified atom stereocenters. The third-order valence-electron chi connectivity index (χ3n) is 4.14. The molecule has 4 rings (SSSR count). The molecule has 1 aromatic carbocycles. The van der Waals surface area contributed by atoms with Crippen LogP contribution in [0.4, 0.5) is 5.69 Å². The van der Waals surface area contributed by atoms with Crippen LogP contribution in [0.1, 0.15) is 5.69 Å². The minimum Gasteiger partial charge on any atom is -0.487 e. The number of imidazole rings is 1. The molecular formula is C19H22Cl2N4O3. The number of amides is 1. The lowest BCUT2D eigenvalue weighted by Crippen LogP contribution is -2.45. The first kappa shape index (κ1) is 22.0. The van der Waals surface area contributed by atoms with Gasteiger partial charge in [-0.1, -0.05) is 6.07 Å². The molecule has 150 valence electrons. The average Bonchev–Trinajstić information content (AvgIpc) is 3.11. The van der Waals surface area contributed by atoms with Crippen LogP contribution in [0.25, 0.3) is 5.65 Å². The van der Waals surface area contributed by atoms with Crippen LogP contribution in [0.2, 0.25) is 0 Å². The molecule has 7 nitrogen and oxygen atoms in total. The van der Waals surface area contributed by atoms with Gasteiger partial charge >= 0.3 is 0 Å². The van der Waals surface area contributed by atoms with Gasteiger partial charge in [0.25, 0.3) is 5.91 Å². The molecule has 1 fully saturated rings. The SMILES string of the molecule is Cl.Cl.O=C(Nc1ccc(OCc2cn3ccccc3n2)cc1)C1CNCCO1. The van der Waals surface area contributed by atoms with E-state index in [0.29, 0.717) is 25.4 Å². The van der Waals surface area contributed by atoms with Gasteiger partial charge in [-0.3, -0.25) is 4.79 Å². The van der Waals surface area contributed by atoms with E-state index in [0.717, 1.165) is 23.6 Å². The second-order valence-corrected chi connectivity index (χ2v) is 6.06. The van der Waals surface area contributed by atoms with Gasteiger partial charge in [0.15, 0.2) is 0 Å². The van der Waals surface area contributed by atoms with Gasteiger partial charge in [0.1, 0.15) is 24.1 Å². The van der Waals surface area contributed by atoms with Crippen molar-refractivity contribution in [1.29, 1.82) is 0 Å². The van der Waals surface area contributed by atoms with Crippen LogP contribution >= 0.6 is 24.8 Å². The first-order valence-corrected chi connectivity index (χ1v) is 8.56. The summed E-state index contributed by atoms with van der Waals surface area (Å²) in [6.07, 6.45) is 3.45. The maximum atomic E-state index is 12.1.